The summed E-state index contributed by atoms with van der Waals surface area (Å²) in [6.07, 6.45) is 1.64. The number of rotatable bonds is 5. The zero-order valence-electron chi connectivity index (χ0n) is 15.0. The van der Waals surface area contributed by atoms with Crippen LogP contribution in [0.2, 0.25) is 0 Å². The lowest BCUT2D eigenvalue weighted by Crippen LogP contribution is -2.22. The molecular formula is C16H17N9OS. The molecule has 0 aliphatic heterocycles. The molecule has 0 spiro atoms. The number of para-hydroxylation sites is 1. The highest BCUT2D eigenvalue weighted by Crippen LogP contribution is 2.22. The summed E-state index contributed by atoms with van der Waals surface area (Å²) >= 11 is 1.39. The third kappa shape index (κ3) is 2.95. The van der Waals surface area contributed by atoms with Gasteiger partial charge in [0.15, 0.2) is 5.69 Å². The summed E-state index contributed by atoms with van der Waals surface area (Å²) in [6.45, 7) is 1.87. The Labute approximate surface area is 158 Å². The van der Waals surface area contributed by atoms with Gasteiger partial charge in [0, 0.05) is 14.1 Å². The molecule has 0 aliphatic rings. The molecule has 0 saturated carbocycles. The molecule has 27 heavy (non-hydrogen) atoms. The van der Waals surface area contributed by atoms with Gasteiger partial charge in [-0.1, -0.05) is 30.0 Å². The zero-order valence-corrected chi connectivity index (χ0v) is 15.8. The van der Waals surface area contributed by atoms with Crippen LogP contribution in [-0.2, 0) is 19.8 Å². The Morgan fingerprint density at radius 2 is 1.89 bits per heavy atom. The summed E-state index contributed by atoms with van der Waals surface area (Å²) in [6, 6.07) is 9.46. The third-order valence-corrected chi connectivity index (χ3v) is 5.23. The van der Waals surface area contributed by atoms with Crippen molar-refractivity contribution in [2.45, 2.75) is 17.8 Å². The molecule has 3 aromatic heterocycles. The Morgan fingerprint density at radius 3 is 2.59 bits per heavy atom. The molecule has 10 nitrogen and oxygen atoms in total. The van der Waals surface area contributed by atoms with E-state index in [1.165, 1.54) is 16.4 Å². The SMILES string of the molecule is Cc1c(-n2nnnc2SCc2nncn2C)c(=O)n(-c2ccccc2)n1C. The maximum Gasteiger partial charge on any atom is 0.297 e. The summed E-state index contributed by atoms with van der Waals surface area (Å²) in [5.41, 5.74) is 1.78. The van der Waals surface area contributed by atoms with E-state index in [1.807, 2.05) is 55.9 Å². The molecule has 1 aromatic carbocycles. The van der Waals surface area contributed by atoms with Crippen molar-refractivity contribution >= 4 is 11.8 Å². The number of hydrogen-bond donors (Lipinski definition) is 0. The molecule has 138 valence electrons. The molecule has 11 heteroatoms. The van der Waals surface area contributed by atoms with E-state index in [0.29, 0.717) is 16.6 Å². The summed E-state index contributed by atoms with van der Waals surface area (Å²) in [5.74, 6) is 1.33. The molecule has 0 radical (unpaired) electrons. The minimum absolute atomic E-state index is 0.186. The number of tetrazole rings is 1. The second-order valence-corrected chi connectivity index (χ2v) is 6.87. The van der Waals surface area contributed by atoms with E-state index in [2.05, 4.69) is 25.7 Å². The maximum atomic E-state index is 13.1. The van der Waals surface area contributed by atoms with Crippen molar-refractivity contribution in [2.24, 2.45) is 14.1 Å². The Bertz CT molecular complexity index is 1140. The van der Waals surface area contributed by atoms with Gasteiger partial charge in [0.1, 0.15) is 12.2 Å². The van der Waals surface area contributed by atoms with Gasteiger partial charge in [-0.2, -0.15) is 4.68 Å². The topological polar surface area (TPSA) is 101 Å². The first kappa shape index (κ1) is 17.2. The molecule has 0 amide bonds. The van der Waals surface area contributed by atoms with Crippen molar-refractivity contribution in [1.29, 1.82) is 0 Å². The van der Waals surface area contributed by atoms with Crippen molar-refractivity contribution in [2.75, 3.05) is 0 Å². The maximum absolute atomic E-state index is 13.1. The van der Waals surface area contributed by atoms with Gasteiger partial charge in [0.2, 0.25) is 5.16 Å². The van der Waals surface area contributed by atoms with E-state index < -0.39 is 0 Å². The van der Waals surface area contributed by atoms with Crippen molar-refractivity contribution in [3.63, 3.8) is 0 Å². The lowest BCUT2D eigenvalue weighted by molar-refractivity contribution is 0.630. The summed E-state index contributed by atoms with van der Waals surface area (Å²) < 4.78 is 6.71. The van der Waals surface area contributed by atoms with Gasteiger partial charge < -0.3 is 4.57 Å². The average molecular weight is 383 g/mol. The van der Waals surface area contributed by atoms with Crippen molar-refractivity contribution in [1.82, 2.24) is 44.3 Å². The Hall–Kier alpha value is -3.21. The predicted octanol–water partition coefficient (Wildman–Crippen LogP) is 0.881. The van der Waals surface area contributed by atoms with E-state index >= 15 is 0 Å². The highest BCUT2D eigenvalue weighted by molar-refractivity contribution is 7.98. The largest absolute Gasteiger partial charge is 0.320 e. The molecule has 4 rings (SSSR count). The van der Waals surface area contributed by atoms with Crippen LogP contribution in [0.1, 0.15) is 11.5 Å². The van der Waals surface area contributed by atoms with Gasteiger partial charge >= 0.3 is 0 Å². The van der Waals surface area contributed by atoms with Gasteiger partial charge in [-0.25, -0.2) is 4.68 Å². The quantitative estimate of drug-likeness (QED) is 0.472. The Morgan fingerprint density at radius 1 is 1.11 bits per heavy atom. The highest BCUT2D eigenvalue weighted by atomic mass is 32.2. The molecule has 0 N–H and O–H groups in total. The summed E-state index contributed by atoms with van der Waals surface area (Å²) in [7, 11) is 3.71. The standard InChI is InChI=1S/C16H17N9OS/c1-11-14(15(26)25(23(11)3)12-7-5-4-6-8-12)24-16(19-20-21-24)27-9-13-18-17-10-22(13)2/h4-8,10H,9H2,1-3H3. The van der Waals surface area contributed by atoms with E-state index in [1.54, 1.807) is 15.7 Å². The van der Waals surface area contributed by atoms with E-state index in [-0.39, 0.29) is 5.56 Å². The lowest BCUT2D eigenvalue weighted by atomic mass is 10.3. The third-order valence-electron chi connectivity index (χ3n) is 4.31. The van der Waals surface area contributed by atoms with Crippen LogP contribution in [0.3, 0.4) is 0 Å². The van der Waals surface area contributed by atoms with Crippen LogP contribution < -0.4 is 5.56 Å². The van der Waals surface area contributed by atoms with Crippen LogP contribution in [-0.4, -0.2) is 44.3 Å². The fourth-order valence-electron chi connectivity index (χ4n) is 2.77. The number of benzene rings is 1. The average Bonchev–Trinajstić information content (AvgIpc) is 3.34. The van der Waals surface area contributed by atoms with E-state index in [9.17, 15) is 4.79 Å². The van der Waals surface area contributed by atoms with Crippen molar-refractivity contribution in [3.8, 4) is 11.4 Å². The van der Waals surface area contributed by atoms with Gasteiger partial charge in [0.05, 0.1) is 17.1 Å². The number of aryl methyl sites for hydroxylation is 1. The number of aromatic nitrogens is 9. The molecule has 3 heterocycles. The normalized spacial score (nSPS) is 11.2. The molecule has 4 aromatic rings. The fourth-order valence-corrected chi connectivity index (χ4v) is 3.64. The van der Waals surface area contributed by atoms with Crippen molar-refractivity contribution in [3.05, 3.63) is 58.5 Å². The van der Waals surface area contributed by atoms with Crippen LogP contribution >= 0.6 is 11.8 Å². The zero-order chi connectivity index (χ0) is 19.0. The van der Waals surface area contributed by atoms with Crippen LogP contribution in [0.4, 0.5) is 0 Å². The molecule has 0 aliphatic carbocycles. The van der Waals surface area contributed by atoms with Gasteiger partial charge in [0.25, 0.3) is 5.56 Å². The van der Waals surface area contributed by atoms with Crippen LogP contribution in [0, 0.1) is 6.92 Å². The molecule has 0 saturated heterocycles. The highest BCUT2D eigenvalue weighted by Gasteiger charge is 2.22. The lowest BCUT2D eigenvalue weighted by Gasteiger charge is -2.07. The second-order valence-electron chi connectivity index (χ2n) is 5.93. The molecule has 0 bridgehead atoms. The first-order valence-corrected chi connectivity index (χ1v) is 9.15. The van der Waals surface area contributed by atoms with Crippen LogP contribution in [0.5, 0.6) is 0 Å². The summed E-state index contributed by atoms with van der Waals surface area (Å²) in [5, 5.41) is 20.3. The van der Waals surface area contributed by atoms with E-state index in [0.717, 1.165) is 17.2 Å². The first-order chi connectivity index (χ1) is 13.1. The van der Waals surface area contributed by atoms with Crippen molar-refractivity contribution < 1.29 is 0 Å². The minimum atomic E-state index is -0.186. The minimum Gasteiger partial charge on any atom is -0.320 e. The summed E-state index contributed by atoms with van der Waals surface area (Å²) in [4.78, 5) is 13.1. The number of nitrogens with zero attached hydrogens (tertiary/aromatic N) is 9. The molecule has 0 atom stereocenters. The van der Waals surface area contributed by atoms with E-state index in [4.69, 9.17) is 0 Å². The Kier molecular flexibility index (Phi) is 4.36. The number of thioether (sulfide) groups is 1. The molecule has 0 unspecified atom stereocenters. The first-order valence-electron chi connectivity index (χ1n) is 8.16. The van der Waals surface area contributed by atoms with Crippen LogP contribution in [0.25, 0.3) is 11.4 Å². The second kappa shape index (κ2) is 6.83. The van der Waals surface area contributed by atoms with Gasteiger partial charge in [-0.05, 0) is 29.5 Å². The number of hydrogen-bond acceptors (Lipinski definition) is 7. The van der Waals surface area contributed by atoms with Crippen LogP contribution in [0.15, 0.2) is 46.6 Å². The monoisotopic (exact) mass is 383 g/mol. The van der Waals surface area contributed by atoms with Gasteiger partial charge in [-0.15, -0.1) is 15.3 Å². The molecular weight excluding hydrogens is 366 g/mol. The fraction of sp³-hybridized carbons (Fsp3) is 0.250. The van der Waals surface area contributed by atoms with Gasteiger partial charge in [-0.3, -0.25) is 9.48 Å². The molecule has 0 fully saturated rings. The Balaban J connectivity index is 1.74. The smallest absolute Gasteiger partial charge is 0.297 e. The predicted molar refractivity (Wildman–Crippen MR) is 99.0 cm³/mol.